The molecule has 0 saturated carbocycles. The fourth-order valence-corrected chi connectivity index (χ4v) is 4.32. The Morgan fingerprint density at radius 2 is 2.17 bits per heavy atom. The first-order valence-electron chi connectivity index (χ1n) is 6.73. The summed E-state index contributed by atoms with van der Waals surface area (Å²) >= 11 is 0. The van der Waals surface area contributed by atoms with Crippen LogP contribution < -0.4 is 0 Å². The lowest BCUT2D eigenvalue weighted by molar-refractivity contribution is -0.209. The highest BCUT2D eigenvalue weighted by Crippen LogP contribution is 2.30. The van der Waals surface area contributed by atoms with Gasteiger partial charge in [-0.05, 0) is 25.7 Å². The lowest BCUT2D eigenvalue weighted by Gasteiger charge is -2.38. The molecule has 102 valence electrons. The van der Waals surface area contributed by atoms with Crippen molar-refractivity contribution >= 4 is 20.7 Å². The van der Waals surface area contributed by atoms with Gasteiger partial charge in [0.25, 0.3) is 5.91 Å². The number of ether oxygens (including phenoxy) is 1. The van der Waals surface area contributed by atoms with Gasteiger partial charge in [0, 0.05) is 13.0 Å². The average Bonchev–Trinajstić information content (AvgIpc) is 2.75. The highest BCUT2D eigenvalue weighted by atomic mass is 28.3. The third kappa shape index (κ3) is 2.44. The summed E-state index contributed by atoms with van der Waals surface area (Å²) in [6.45, 7) is 5.32. The molecule has 1 unspecified atom stereocenters. The Morgan fingerprint density at radius 1 is 1.39 bits per heavy atom. The van der Waals surface area contributed by atoms with Gasteiger partial charge in [0.15, 0.2) is 5.22 Å². The van der Waals surface area contributed by atoms with Gasteiger partial charge in [-0.15, -0.1) is 0 Å². The Morgan fingerprint density at radius 3 is 2.67 bits per heavy atom. The van der Waals surface area contributed by atoms with Crippen molar-refractivity contribution in [3.05, 3.63) is 0 Å². The highest BCUT2D eigenvalue weighted by Gasteiger charge is 2.47. The zero-order valence-corrected chi connectivity index (χ0v) is 12.3. The van der Waals surface area contributed by atoms with Crippen molar-refractivity contribution in [3.8, 4) is 0 Å². The van der Waals surface area contributed by atoms with Crippen molar-refractivity contribution < 1.29 is 19.2 Å². The van der Waals surface area contributed by atoms with Crippen LogP contribution in [0.5, 0.6) is 0 Å². The first-order valence-corrected chi connectivity index (χ1v) is 9.61. The SMILES string of the molecule is C[SiH](C)C1(C(=O)ON2CCCC2=O)CCCCO1. The van der Waals surface area contributed by atoms with Gasteiger partial charge in [0.05, 0.1) is 15.3 Å². The van der Waals surface area contributed by atoms with Crippen LogP contribution in [-0.2, 0) is 19.2 Å². The van der Waals surface area contributed by atoms with Crippen molar-refractivity contribution in [2.75, 3.05) is 13.2 Å². The minimum absolute atomic E-state index is 0.0975. The molecule has 1 amide bonds. The summed E-state index contributed by atoms with van der Waals surface area (Å²) in [6.07, 6.45) is 3.96. The zero-order valence-electron chi connectivity index (χ0n) is 11.1. The van der Waals surface area contributed by atoms with Crippen LogP contribution in [0.15, 0.2) is 0 Å². The van der Waals surface area contributed by atoms with Gasteiger partial charge in [0.1, 0.15) is 0 Å². The normalized spacial score (nSPS) is 28.8. The van der Waals surface area contributed by atoms with Crippen LogP contribution in [0.4, 0.5) is 0 Å². The first kappa shape index (κ1) is 13.5. The molecule has 5 nitrogen and oxygen atoms in total. The van der Waals surface area contributed by atoms with Gasteiger partial charge in [-0.1, -0.05) is 13.1 Å². The number of hydrogen-bond acceptors (Lipinski definition) is 4. The summed E-state index contributed by atoms with van der Waals surface area (Å²) in [7, 11) is -1.36. The molecular formula is C12H21NO4Si. The summed E-state index contributed by atoms with van der Waals surface area (Å²) in [5, 5.41) is 0.472. The topological polar surface area (TPSA) is 55.8 Å². The van der Waals surface area contributed by atoms with E-state index in [0.717, 1.165) is 25.7 Å². The van der Waals surface area contributed by atoms with E-state index >= 15 is 0 Å². The van der Waals surface area contributed by atoms with Crippen molar-refractivity contribution in [2.45, 2.75) is 50.4 Å². The molecule has 0 bridgehead atoms. The van der Waals surface area contributed by atoms with E-state index < -0.39 is 14.0 Å². The van der Waals surface area contributed by atoms with Crippen molar-refractivity contribution in [3.63, 3.8) is 0 Å². The van der Waals surface area contributed by atoms with Gasteiger partial charge in [-0.3, -0.25) is 4.79 Å². The molecule has 2 saturated heterocycles. The van der Waals surface area contributed by atoms with E-state index in [-0.39, 0.29) is 11.9 Å². The van der Waals surface area contributed by atoms with E-state index in [1.165, 1.54) is 5.06 Å². The summed E-state index contributed by atoms with van der Waals surface area (Å²) in [6, 6.07) is 0. The van der Waals surface area contributed by atoms with E-state index in [9.17, 15) is 9.59 Å². The van der Waals surface area contributed by atoms with Crippen LogP contribution in [0, 0.1) is 0 Å². The van der Waals surface area contributed by atoms with Crippen LogP contribution in [0.3, 0.4) is 0 Å². The third-order valence-electron chi connectivity index (χ3n) is 3.80. The monoisotopic (exact) mass is 271 g/mol. The largest absolute Gasteiger partial charge is 0.367 e. The summed E-state index contributed by atoms with van der Waals surface area (Å²) in [4.78, 5) is 29.1. The van der Waals surface area contributed by atoms with Crippen LogP contribution >= 0.6 is 0 Å². The number of amides is 1. The molecule has 2 fully saturated rings. The second-order valence-electron chi connectivity index (χ2n) is 5.33. The molecule has 0 aliphatic carbocycles. The number of hydroxylamine groups is 2. The Bertz CT molecular complexity index is 339. The van der Waals surface area contributed by atoms with Gasteiger partial charge in [-0.2, -0.15) is 5.06 Å². The lowest BCUT2D eigenvalue weighted by atomic mass is 10.1. The van der Waals surface area contributed by atoms with Gasteiger partial charge in [-0.25, -0.2) is 4.79 Å². The van der Waals surface area contributed by atoms with Gasteiger partial charge in [0.2, 0.25) is 0 Å². The smallest absolute Gasteiger partial charge is 0.360 e. The number of hydrogen-bond donors (Lipinski definition) is 0. The number of carbonyl (C=O) groups excluding carboxylic acids is 2. The van der Waals surface area contributed by atoms with Crippen LogP contribution in [0.1, 0.15) is 32.1 Å². The quantitative estimate of drug-likeness (QED) is 0.720. The van der Waals surface area contributed by atoms with Gasteiger partial charge < -0.3 is 9.57 Å². The molecular weight excluding hydrogens is 250 g/mol. The molecule has 0 N–H and O–H groups in total. The first-order chi connectivity index (χ1) is 8.56. The molecule has 0 radical (unpaired) electrons. The molecule has 2 aliphatic rings. The Labute approximate surface area is 109 Å². The predicted octanol–water partition coefficient (Wildman–Crippen LogP) is 1.03. The second kappa shape index (κ2) is 5.40. The van der Waals surface area contributed by atoms with E-state index in [4.69, 9.17) is 9.57 Å². The summed E-state index contributed by atoms with van der Waals surface area (Å²) in [5.41, 5.74) is 0. The lowest BCUT2D eigenvalue weighted by Crippen LogP contribution is -2.56. The summed E-state index contributed by atoms with van der Waals surface area (Å²) < 4.78 is 5.78. The van der Waals surface area contributed by atoms with Crippen LogP contribution in [0.25, 0.3) is 0 Å². The summed E-state index contributed by atoms with van der Waals surface area (Å²) in [5.74, 6) is -0.446. The zero-order chi connectivity index (χ0) is 13.2. The highest BCUT2D eigenvalue weighted by molar-refractivity contribution is 6.63. The molecule has 2 rings (SSSR count). The molecule has 1 atom stereocenters. The molecule has 6 heteroatoms. The molecule has 0 spiro atoms. The van der Waals surface area contributed by atoms with E-state index in [0.29, 0.717) is 19.6 Å². The van der Waals surface area contributed by atoms with Crippen molar-refractivity contribution in [2.24, 2.45) is 0 Å². The molecule has 18 heavy (non-hydrogen) atoms. The van der Waals surface area contributed by atoms with Crippen LogP contribution in [-0.4, -0.2) is 44.1 Å². The van der Waals surface area contributed by atoms with E-state index in [2.05, 4.69) is 13.1 Å². The Kier molecular flexibility index (Phi) is 4.06. The minimum atomic E-state index is -1.36. The fourth-order valence-electron chi connectivity index (χ4n) is 2.57. The second-order valence-corrected chi connectivity index (χ2v) is 8.57. The van der Waals surface area contributed by atoms with Crippen molar-refractivity contribution in [1.29, 1.82) is 0 Å². The molecule has 0 aromatic heterocycles. The molecule has 0 aromatic carbocycles. The minimum Gasteiger partial charge on any atom is -0.367 e. The van der Waals surface area contributed by atoms with Gasteiger partial charge >= 0.3 is 5.97 Å². The number of rotatable bonds is 3. The molecule has 2 heterocycles. The maximum Gasteiger partial charge on any atom is 0.360 e. The maximum atomic E-state index is 12.4. The van der Waals surface area contributed by atoms with Crippen molar-refractivity contribution in [1.82, 2.24) is 5.06 Å². The number of carbonyl (C=O) groups is 2. The van der Waals surface area contributed by atoms with E-state index in [1.54, 1.807) is 0 Å². The molecule has 2 aliphatic heterocycles. The Hall–Kier alpha value is -0.883. The fraction of sp³-hybridized carbons (Fsp3) is 0.833. The predicted molar refractivity (Wildman–Crippen MR) is 68.5 cm³/mol. The Balaban J connectivity index is 2.06. The maximum absolute atomic E-state index is 12.4. The van der Waals surface area contributed by atoms with E-state index in [1.807, 2.05) is 0 Å². The number of nitrogens with zero attached hydrogens (tertiary/aromatic N) is 1. The standard InChI is InChI=1S/C12H21NO4Si/c1-18(2)12(7-3-4-9-16-12)11(15)17-13-8-5-6-10(13)14/h18H,3-9H2,1-2H3. The third-order valence-corrected chi connectivity index (χ3v) is 6.36. The molecule has 0 aromatic rings. The van der Waals surface area contributed by atoms with Crippen LogP contribution in [0.2, 0.25) is 13.1 Å². The average molecular weight is 271 g/mol.